The van der Waals surface area contributed by atoms with Crippen molar-refractivity contribution in [2.45, 2.75) is 70.8 Å². The van der Waals surface area contributed by atoms with Crippen LogP contribution in [0.15, 0.2) is 73.5 Å². The highest BCUT2D eigenvalue weighted by Gasteiger charge is 2.67. The van der Waals surface area contributed by atoms with Gasteiger partial charge in [0.2, 0.25) is 5.69 Å². The minimum Gasteiger partial charge on any atom is -0.312 e. The van der Waals surface area contributed by atoms with Gasteiger partial charge in [0.05, 0.1) is 19.9 Å². The molecule has 34 heavy (non-hydrogen) atoms. The van der Waals surface area contributed by atoms with Crippen LogP contribution in [0, 0.1) is 11.8 Å². The van der Waals surface area contributed by atoms with Crippen molar-refractivity contribution in [2.75, 3.05) is 7.05 Å². The molecule has 2 aromatic rings. The number of hydrogen-bond acceptors (Lipinski definition) is 1. The second-order valence-corrected chi connectivity index (χ2v) is 16.8. The van der Waals surface area contributed by atoms with Gasteiger partial charge in [-0.1, -0.05) is 82.1 Å². The van der Waals surface area contributed by atoms with Gasteiger partial charge in [-0.15, -0.1) is 6.58 Å². The van der Waals surface area contributed by atoms with Crippen LogP contribution in [0.3, 0.4) is 0 Å². The zero-order chi connectivity index (χ0) is 24.8. The summed E-state index contributed by atoms with van der Waals surface area (Å²) in [5.74, 6) is 1.35. The van der Waals surface area contributed by atoms with Crippen LogP contribution in [0.25, 0.3) is 11.3 Å². The van der Waals surface area contributed by atoms with E-state index in [2.05, 4.69) is 125 Å². The summed E-state index contributed by atoms with van der Waals surface area (Å²) in [4.78, 5) is 0. The second-order valence-electron chi connectivity index (χ2n) is 11.8. The predicted octanol–water partition coefficient (Wildman–Crippen LogP) is 6.32. The molecule has 2 nitrogen and oxygen atoms in total. The third-order valence-electron chi connectivity index (χ3n) is 8.03. The first-order valence-electron chi connectivity index (χ1n) is 12.9. The number of likely N-dealkylation sites (N-methyl/N-ethyl adjacent to an activating group) is 1. The molecule has 2 heterocycles. The van der Waals surface area contributed by atoms with E-state index in [1.54, 1.807) is 10.8 Å². The van der Waals surface area contributed by atoms with Gasteiger partial charge in [-0.05, 0) is 49.9 Å². The van der Waals surface area contributed by atoms with Gasteiger partial charge in [-0.2, -0.15) is 4.57 Å². The maximum Gasteiger partial charge on any atom is 0.213 e. The first-order valence-corrected chi connectivity index (χ1v) is 16.4. The lowest BCUT2D eigenvalue weighted by molar-refractivity contribution is -0.739. The molecule has 0 radical (unpaired) electrons. The zero-order valence-electron chi connectivity index (χ0n) is 22.3. The topological polar surface area (TPSA) is 15.9 Å². The van der Waals surface area contributed by atoms with Crippen molar-refractivity contribution >= 4 is 13.3 Å². The van der Waals surface area contributed by atoms with Gasteiger partial charge >= 0.3 is 0 Å². The molecule has 1 aliphatic carbocycles. The Morgan fingerprint density at radius 1 is 1.24 bits per heavy atom. The Kier molecular flexibility index (Phi) is 6.65. The molecule has 1 aromatic carbocycles. The number of benzene rings is 1. The van der Waals surface area contributed by atoms with Crippen molar-refractivity contribution in [3.8, 4) is 11.3 Å². The predicted molar refractivity (Wildman–Crippen MR) is 149 cm³/mol. The van der Waals surface area contributed by atoms with Gasteiger partial charge in [0.15, 0.2) is 12.2 Å². The number of allylic oxidation sites excluding steroid dienone is 2. The fourth-order valence-corrected chi connectivity index (χ4v) is 8.38. The van der Waals surface area contributed by atoms with Crippen molar-refractivity contribution in [2.24, 2.45) is 11.8 Å². The molecular formula is C31H43N2Si+. The standard InChI is InChI=1S/C31H43N2Si/c1-10-14-22(5)19-31(32-6)26(11-2)30-29(31)25-16-13-12-15-24(25)27-18-23(17-21(3)4)28(20-33(27)30)34(7,8)9/h10-16,18,20-21,26,29-30,32H,2,5,17,19H2,1,3-4,6-9H3/q+1/b14-10-. The lowest BCUT2D eigenvalue weighted by Crippen LogP contribution is -2.74. The Morgan fingerprint density at radius 2 is 1.94 bits per heavy atom. The molecule has 0 amide bonds. The van der Waals surface area contributed by atoms with Gasteiger partial charge in [0, 0.05) is 22.4 Å². The zero-order valence-corrected chi connectivity index (χ0v) is 23.3. The fourth-order valence-electron chi connectivity index (χ4n) is 6.72. The molecule has 0 spiro atoms. The lowest BCUT2D eigenvalue weighted by atomic mass is 9.49. The van der Waals surface area contributed by atoms with Crippen LogP contribution in [0.1, 0.15) is 50.3 Å². The Morgan fingerprint density at radius 3 is 2.53 bits per heavy atom. The molecule has 4 unspecified atom stereocenters. The van der Waals surface area contributed by atoms with Crippen LogP contribution >= 0.6 is 0 Å². The minimum absolute atomic E-state index is 0.0836. The molecule has 4 atom stereocenters. The number of pyridine rings is 1. The highest BCUT2D eigenvalue weighted by molar-refractivity contribution is 6.89. The Hall–Kier alpha value is -2.23. The van der Waals surface area contributed by atoms with Gasteiger partial charge in [0.1, 0.15) is 0 Å². The molecule has 180 valence electrons. The largest absolute Gasteiger partial charge is 0.312 e. The number of rotatable bonds is 8. The van der Waals surface area contributed by atoms with E-state index in [0.29, 0.717) is 23.8 Å². The number of nitrogens with one attached hydrogen (secondary N) is 1. The highest BCUT2D eigenvalue weighted by atomic mass is 28.3. The molecule has 3 heteroatoms. The quantitative estimate of drug-likeness (QED) is 0.206. The van der Waals surface area contributed by atoms with E-state index >= 15 is 0 Å². The van der Waals surface area contributed by atoms with Gasteiger partial charge in [-0.25, -0.2) is 0 Å². The molecule has 1 aliphatic heterocycles. The van der Waals surface area contributed by atoms with Gasteiger partial charge in [-0.3, -0.25) is 0 Å². The van der Waals surface area contributed by atoms with Crippen LogP contribution in [-0.4, -0.2) is 20.7 Å². The number of nitrogens with zero attached hydrogens (tertiary/aromatic N) is 1. The smallest absolute Gasteiger partial charge is 0.213 e. The molecule has 0 saturated heterocycles. The Bertz CT molecular complexity index is 1140. The van der Waals surface area contributed by atoms with E-state index in [4.69, 9.17) is 0 Å². The number of hydrogen-bond donors (Lipinski definition) is 1. The molecule has 4 rings (SSSR count). The highest BCUT2D eigenvalue weighted by Crippen LogP contribution is 2.61. The fraction of sp³-hybridized carbons (Fsp3) is 0.452. The van der Waals surface area contributed by atoms with Crippen molar-refractivity contribution in [3.63, 3.8) is 0 Å². The van der Waals surface area contributed by atoms with Crippen LogP contribution in [0.2, 0.25) is 19.6 Å². The van der Waals surface area contributed by atoms with E-state index in [0.717, 1.165) is 12.8 Å². The average molecular weight is 472 g/mol. The Balaban J connectivity index is 1.96. The number of fused-ring (bicyclic) bond motifs is 6. The van der Waals surface area contributed by atoms with Crippen molar-refractivity contribution in [1.82, 2.24) is 5.32 Å². The summed E-state index contributed by atoms with van der Waals surface area (Å²) in [6.45, 7) is 22.9. The molecule has 1 fully saturated rings. The van der Waals surface area contributed by atoms with Crippen LogP contribution < -0.4 is 15.1 Å². The summed E-state index contributed by atoms with van der Waals surface area (Å²) in [6, 6.07) is 12.0. The minimum atomic E-state index is -1.52. The van der Waals surface area contributed by atoms with E-state index < -0.39 is 8.07 Å². The van der Waals surface area contributed by atoms with Crippen molar-refractivity contribution in [1.29, 1.82) is 0 Å². The molecule has 2 aliphatic rings. The molecular weight excluding hydrogens is 428 g/mol. The summed E-state index contributed by atoms with van der Waals surface area (Å²) < 4.78 is 2.63. The molecule has 0 bridgehead atoms. The van der Waals surface area contributed by atoms with Crippen LogP contribution in [0.5, 0.6) is 0 Å². The van der Waals surface area contributed by atoms with E-state index in [9.17, 15) is 0 Å². The summed E-state index contributed by atoms with van der Waals surface area (Å²) in [7, 11) is 0.601. The maximum absolute atomic E-state index is 4.39. The maximum atomic E-state index is 4.39. The van der Waals surface area contributed by atoms with E-state index in [1.807, 2.05) is 0 Å². The Labute approximate surface area is 208 Å². The third kappa shape index (κ3) is 3.87. The van der Waals surface area contributed by atoms with E-state index in [-0.39, 0.29) is 5.54 Å². The van der Waals surface area contributed by atoms with Crippen LogP contribution in [0.4, 0.5) is 0 Å². The lowest BCUT2D eigenvalue weighted by Gasteiger charge is -2.59. The van der Waals surface area contributed by atoms with Gasteiger partial charge in [0.25, 0.3) is 0 Å². The SMILES string of the molecule is C=CC1C2C(c3ccccc3-c3cc(CC(C)C)c([Si](C)(C)C)c[n+]32)C1(CC(=C)/C=C\C)NC. The summed E-state index contributed by atoms with van der Waals surface area (Å²) >= 11 is 0. The normalized spacial score (nSPS) is 25.5. The third-order valence-corrected chi connectivity index (χ3v) is 10.1. The summed E-state index contributed by atoms with van der Waals surface area (Å²) in [6.07, 6.45) is 11.1. The van der Waals surface area contributed by atoms with Crippen LogP contribution in [-0.2, 0) is 6.42 Å². The molecule has 1 N–H and O–H groups in total. The second kappa shape index (κ2) is 9.09. The molecule has 1 aromatic heterocycles. The first kappa shape index (κ1) is 24.9. The van der Waals surface area contributed by atoms with Crippen molar-refractivity contribution < 1.29 is 4.57 Å². The summed E-state index contributed by atoms with van der Waals surface area (Å²) in [5, 5.41) is 5.39. The van der Waals surface area contributed by atoms with E-state index in [1.165, 1.54) is 22.4 Å². The average Bonchev–Trinajstić information content (AvgIpc) is 2.76. The van der Waals surface area contributed by atoms with Crippen molar-refractivity contribution in [3.05, 3.63) is 84.6 Å². The van der Waals surface area contributed by atoms with Gasteiger partial charge < -0.3 is 5.32 Å². The monoisotopic (exact) mass is 471 g/mol. The molecule has 1 saturated carbocycles. The number of aromatic nitrogens is 1. The first-order chi connectivity index (χ1) is 16.1. The summed E-state index contributed by atoms with van der Waals surface area (Å²) in [5.41, 5.74) is 6.85.